The average molecular weight is 237 g/mol. The van der Waals surface area contributed by atoms with Crippen molar-refractivity contribution in [2.75, 3.05) is 0 Å². The number of imidazole rings is 1. The monoisotopic (exact) mass is 236 g/mol. The highest BCUT2D eigenvalue weighted by atomic mass is 35.5. The number of hydrogen-bond acceptors (Lipinski definition) is 2. The first-order valence-electron chi connectivity index (χ1n) is 5.19. The summed E-state index contributed by atoms with van der Waals surface area (Å²) in [6, 6.07) is 5.68. The van der Waals surface area contributed by atoms with Crippen LogP contribution in [-0.2, 0) is 0 Å². The van der Waals surface area contributed by atoms with Gasteiger partial charge in [-0.05, 0) is 26.0 Å². The first-order chi connectivity index (χ1) is 7.52. The molecule has 0 aliphatic heterocycles. The van der Waals surface area contributed by atoms with Gasteiger partial charge in [-0.3, -0.25) is 4.79 Å². The molecule has 1 aromatic heterocycles. The Hall–Kier alpha value is -1.35. The number of rotatable bonds is 2. The Morgan fingerprint density at radius 1 is 1.44 bits per heavy atom. The van der Waals surface area contributed by atoms with Crippen LogP contribution in [0.5, 0.6) is 0 Å². The Balaban J connectivity index is 2.88. The highest BCUT2D eigenvalue weighted by Gasteiger charge is 2.17. The van der Waals surface area contributed by atoms with Crippen LogP contribution < -0.4 is 0 Å². The van der Waals surface area contributed by atoms with Gasteiger partial charge in [0.05, 0.1) is 16.1 Å². The fourth-order valence-corrected chi connectivity index (χ4v) is 2.12. The van der Waals surface area contributed by atoms with E-state index in [0.29, 0.717) is 10.8 Å². The average Bonchev–Trinajstić information content (AvgIpc) is 2.58. The van der Waals surface area contributed by atoms with Gasteiger partial charge in [0.1, 0.15) is 0 Å². The fraction of sp³-hybridized carbons (Fsp3) is 0.333. The largest absolute Gasteiger partial charge is 0.318 e. The highest BCUT2D eigenvalue weighted by molar-refractivity contribution is 6.35. The number of Topliss-reactive ketones (excluding diaryl/α,β-unsaturated/α-hetero) is 1. The Kier molecular flexibility index (Phi) is 2.72. The minimum atomic E-state index is -0.0408. The molecule has 3 nitrogen and oxygen atoms in total. The molecule has 0 spiro atoms. The van der Waals surface area contributed by atoms with Crippen LogP contribution in [0.1, 0.15) is 37.4 Å². The first-order valence-corrected chi connectivity index (χ1v) is 5.57. The van der Waals surface area contributed by atoms with Gasteiger partial charge in [0, 0.05) is 13.0 Å². The van der Waals surface area contributed by atoms with Crippen LogP contribution in [0.4, 0.5) is 0 Å². The lowest BCUT2D eigenvalue weighted by molar-refractivity contribution is 0.0998. The maximum absolute atomic E-state index is 11.5. The molecular weight excluding hydrogens is 224 g/mol. The predicted molar refractivity (Wildman–Crippen MR) is 65.1 cm³/mol. The number of ketones is 1. The number of halogens is 1. The van der Waals surface area contributed by atoms with E-state index in [0.717, 1.165) is 11.0 Å². The molecule has 0 saturated carbocycles. The van der Waals surface area contributed by atoms with Crippen molar-refractivity contribution in [3.05, 3.63) is 29.0 Å². The summed E-state index contributed by atoms with van der Waals surface area (Å²) in [6.07, 6.45) is 0. The van der Waals surface area contributed by atoms with Crippen LogP contribution in [0, 0.1) is 0 Å². The minimum Gasteiger partial charge on any atom is -0.318 e. The molecule has 0 aliphatic carbocycles. The van der Waals surface area contributed by atoms with E-state index >= 15 is 0 Å². The van der Waals surface area contributed by atoms with E-state index in [2.05, 4.69) is 4.98 Å². The molecule has 0 amide bonds. The number of nitrogens with zero attached hydrogens (tertiary/aromatic N) is 2. The normalized spacial score (nSPS) is 11.3. The van der Waals surface area contributed by atoms with E-state index < -0.39 is 0 Å². The van der Waals surface area contributed by atoms with E-state index in [1.807, 2.05) is 36.6 Å². The number of carbonyl (C=O) groups excluding carboxylic acids is 1. The Morgan fingerprint density at radius 3 is 2.69 bits per heavy atom. The quantitative estimate of drug-likeness (QED) is 0.749. The van der Waals surface area contributed by atoms with Crippen molar-refractivity contribution >= 4 is 28.4 Å². The maximum atomic E-state index is 11.5. The van der Waals surface area contributed by atoms with Crippen molar-refractivity contribution < 1.29 is 4.79 Å². The lowest BCUT2D eigenvalue weighted by atomic mass is 10.3. The molecule has 16 heavy (non-hydrogen) atoms. The molecule has 2 rings (SSSR count). The van der Waals surface area contributed by atoms with E-state index in [4.69, 9.17) is 11.6 Å². The number of carbonyl (C=O) groups is 1. The number of fused-ring (bicyclic) bond motifs is 1. The first kappa shape index (κ1) is 11.1. The summed E-state index contributed by atoms with van der Waals surface area (Å²) in [7, 11) is 0. The summed E-state index contributed by atoms with van der Waals surface area (Å²) in [5, 5.41) is 0.631. The van der Waals surface area contributed by atoms with E-state index in [9.17, 15) is 4.79 Å². The van der Waals surface area contributed by atoms with Crippen molar-refractivity contribution in [2.45, 2.75) is 26.8 Å². The maximum Gasteiger partial charge on any atom is 0.195 e. The molecular formula is C12H13ClN2O. The zero-order chi connectivity index (χ0) is 11.9. The molecule has 0 fully saturated rings. The number of aromatic nitrogens is 2. The SMILES string of the molecule is CC(=O)c1nc2cccc(Cl)c2n1C(C)C. The number of para-hydroxylation sites is 1. The van der Waals surface area contributed by atoms with Crippen LogP contribution in [0.2, 0.25) is 5.02 Å². The van der Waals surface area contributed by atoms with Gasteiger partial charge in [-0.15, -0.1) is 0 Å². The van der Waals surface area contributed by atoms with Gasteiger partial charge in [-0.2, -0.15) is 0 Å². The van der Waals surface area contributed by atoms with Gasteiger partial charge >= 0.3 is 0 Å². The molecule has 4 heteroatoms. The van der Waals surface area contributed by atoms with Gasteiger partial charge in [0.15, 0.2) is 11.6 Å². The second kappa shape index (κ2) is 3.91. The van der Waals surface area contributed by atoms with Crippen LogP contribution in [0.3, 0.4) is 0 Å². The zero-order valence-corrected chi connectivity index (χ0v) is 10.2. The smallest absolute Gasteiger partial charge is 0.195 e. The molecule has 0 atom stereocenters. The molecule has 0 unspecified atom stereocenters. The lowest BCUT2D eigenvalue weighted by Crippen LogP contribution is -2.09. The van der Waals surface area contributed by atoms with E-state index in [1.165, 1.54) is 6.92 Å². The van der Waals surface area contributed by atoms with Crippen molar-refractivity contribution in [3.8, 4) is 0 Å². The molecule has 0 radical (unpaired) electrons. The van der Waals surface area contributed by atoms with Gasteiger partial charge in [0.2, 0.25) is 0 Å². The molecule has 0 aliphatic rings. The van der Waals surface area contributed by atoms with E-state index in [-0.39, 0.29) is 11.8 Å². The Morgan fingerprint density at radius 2 is 2.12 bits per heavy atom. The Labute approximate surface area is 99.0 Å². The number of benzene rings is 1. The van der Waals surface area contributed by atoms with Gasteiger partial charge in [0.25, 0.3) is 0 Å². The van der Waals surface area contributed by atoms with Crippen LogP contribution in [-0.4, -0.2) is 15.3 Å². The van der Waals surface area contributed by atoms with Crippen molar-refractivity contribution in [1.29, 1.82) is 0 Å². The predicted octanol–water partition coefficient (Wildman–Crippen LogP) is 3.47. The summed E-state index contributed by atoms with van der Waals surface area (Å²) in [4.78, 5) is 15.8. The van der Waals surface area contributed by atoms with Gasteiger partial charge in [-0.25, -0.2) is 4.98 Å². The topological polar surface area (TPSA) is 34.9 Å². The summed E-state index contributed by atoms with van der Waals surface area (Å²) >= 11 is 6.15. The van der Waals surface area contributed by atoms with Crippen molar-refractivity contribution in [1.82, 2.24) is 9.55 Å². The summed E-state index contributed by atoms with van der Waals surface area (Å²) in [5.41, 5.74) is 1.61. The van der Waals surface area contributed by atoms with Crippen LogP contribution >= 0.6 is 11.6 Å². The minimum absolute atomic E-state index is 0.0408. The summed E-state index contributed by atoms with van der Waals surface area (Å²) < 4.78 is 1.89. The molecule has 84 valence electrons. The van der Waals surface area contributed by atoms with Crippen LogP contribution in [0.25, 0.3) is 11.0 Å². The van der Waals surface area contributed by atoms with Gasteiger partial charge < -0.3 is 4.57 Å². The third-order valence-corrected chi connectivity index (χ3v) is 2.80. The lowest BCUT2D eigenvalue weighted by Gasteiger charge is -2.11. The third-order valence-electron chi connectivity index (χ3n) is 2.49. The fourth-order valence-electron chi connectivity index (χ4n) is 1.86. The van der Waals surface area contributed by atoms with E-state index in [1.54, 1.807) is 0 Å². The zero-order valence-electron chi connectivity index (χ0n) is 9.49. The highest BCUT2D eigenvalue weighted by Crippen LogP contribution is 2.27. The standard InChI is InChI=1S/C12H13ClN2O/c1-7(2)15-11-9(13)5-4-6-10(11)14-12(15)8(3)16/h4-7H,1-3H3. The molecule has 1 aromatic carbocycles. The van der Waals surface area contributed by atoms with Crippen molar-refractivity contribution in [2.24, 2.45) is 0 Å². The van der Waals surface area contributed by atoms with Crippen molar-refractivity contribution in [3.63, 3.8) is 0 Å². The second-order valence-electron chi connectivity index (χ2n) is 4.06. The molecule has 0 bridgehead atoms. The second-order valence-corrected chi connectivity index (χ2v) is 4.47. The molecule has 0 N–H and O–H groups in total. The number of hydrogen-bond donors (Lipinski definition) is 0. The third kappa shape index (κ3) is 1.61. The summed E-state index contributed by atoms with van der Waals surface area (Å²) in [6.45, 7) is 5.54. The molecule has 2 aromatic rings. The molecule has 1 heterocycles. The Bertz CT molecular complexity index is 557. The molecule has 0 saturated heterocycles. The summed E-state index contributed by atoms with van der Waals surface area (Å²) in [5.74, 6) is 0.430. The van der Waals surface area contributed by atoms with Gasteiger partial charge in [-0.1, -0.05) is 17.7 Å². The van der Waals surface area contributed by atoms with Crippen LogP contribution in [0.15, 0.2) is 18.2 Å².